The van der Waals surface area contributed by atoms with Gasteiger partial charge in [-0.15, -0.1) is 0 Å². The molecule has 3 unspecified atom stereocenters. The van der Waals surface area contributed by atoms with Crippen LogP contribution < -0.4 is 25.0 Å². The van der Waals surface area contributed by atoms with Crippen LogP contribution in [0.3, 0.4) is 0 Å². The zero-order chi connectivity index (χ0) is 24.0. The highest BCUT2D eigenvalue weighted by atomic mass is 16.5. The quantitative estimate of drug-likeness (QED) is 0.581. The number of ether oxygens (including phenoxy) is 2. The van der Waals surface area contributed by atoms with Crippen molar-refractivity contribution < 1.29 is 19.1 Å². The van der Waals surface area contributed by atoms with Crippen LogP contribution in [0.4, 0.5) is 16.2 Å². The second-order valence-corrected chi connectivity index (χ2v) is 8.94. The first-order chi connectivity index (χ1) is 16.3. The summed E-state index contributed by atoms with van der Waals surface area (Å²) in [5, 5.41) is 6.14. The summed E-state index contributed by atoms with van der Waals surface area (Å²) in [6, 6.07) is 19.6. The van der Waals surface area contributed by atoms with Crippen molar-refractivity contribution in [2.24, 2.45) is 5.92 Å². The minimum atomic E-state index is -1.27. The van der Waals surface area contributed by atoms with Crippen LogP contribution in [0.15, 0.2) is 66.7 Å². The molecule has 0 saturated carbocycles. The van der Waals surface area contributed by atoms with E-state index in [2.05, 4.69) is 10.6 Å². The number of rotatable bonds is 4. The van der Waals surface area contributed by atoms with Gasteiger partial charge in [-0.3, -0.25) is 9.69 Å². The van der Waals surface area contributed by atoms with E-state index in [1.54, 1.807) is 14.0 Å². The van der Waals surface area contributed by atoms with Crippen molar-refractivity contribution in [1.29, 1.82) is 0 Å². The van der Waals surface area contributed by atoms with E-state index in [1.807, 2.05) is 80.6 Å². The fourth-order valence-corrected chi connectivity index (χ4v) is 5.02. The molecule has 7 heteroatoms. The van der Waals surface area contributed by atoms with Gasteiger partial charge in [0.15, 0.2) is 0 Å². The first-order valence-electron chi connectivity index (χ1n) is 11.2. The lowest BCUT2D eigenvalue weighted by Gasteiger charge is -2.54. The molecular formula is C27H27N3O4. The van der Waals surface area contributed by atoms with Gasteiger partial charge in [0.05, 0.1) is 13.2 Å². The van der Waals surface area contributed by atoms with Gasteiger partial charge in [0.1, 0.15) is 17.4 Å². The van der Waals surface area contributed by atoms with E-state index in [9.17, 15) is 9.59 Å². The number of urea groups is 1. The smallest absolute Gasteiger partial charge is 0.325 e. The van der Waals surface area contributed by atoms with Gasteiger partial charge in [0, 0.05) is 16.9 Å². The molecule has 5 rings (SSSR count). The normalized spacial score (nSPS) is 22.8. The molecule has 7 nitrogen and oxygen atoms in total. The Hall–Kier alpha value is -4.00. The Morgan fingerprint density at radius 2 is 1.85 bits per heavy atom. The number of aryl methyl sites for hydroxylation is 2. The van der Waals surface area contributed by atoms with E-state index in [-0.39, 0.29) is 11.9 Å². The molecule has 3 aromatic rings. The lowest BCUT2D eigenvalue weighted by atomic mass is 9.78. The van der Waals surface area contributed by atoms with Crippen LogP contribution in [-0.2, 0) is 4.79 Å². The maximum atomic E-state index is 13.9. The molecule has 0 spiro atoms. The molecule has 0 aliphatic carbocycles. The molecule has 0 aromatic heterocycles. The summed E-state index contributed by atoms with van der Waals surface area (Å²) >= 11 is 0. The third-order valence-corrected chi connectivity index (χ3v) is 6.64. The molecule has 2 aliphatic heterocycles. The van der Waals surface area contributed by atoms with Crippen molar-refractivity contribution in [2.45, 2.75) is 32.5 Å². The highest BCUT2D eigenvalue weighted by Crippen LogP contribution is 2.50. The minimum absolute atomic E-state index is 0.242. The number of carbonyl (C=O) groups is 2. The highest BCUT2D eigenvalue weighted by molar-refractivity contribution is 6.01. The van der Waals surface area contributed by atoms with Gasteiger partial charge in [0.2, 0.25) is 11.6 Å². The number of carbonyl (C=O) groups excluding carboxylic acids is 2. The molecule has 2 heterocycles. The number of nitrogens with zero attached hydrogens (tertiary/aromatic N) is 1. The summed E-state index contributed by atoms with van der Waals surface area (Å²) < 4.78 is 11.9. The molecule has 0 radical (unpaired) electrons. The van der Waals surface area contributed by atoms with Crippen LogP contribution >= 0.6 is 0 Å². The SMILES string of the molecule is COc1ccc2c(c1)C1NC(=O)N(c3ccccc3)C(C)(O2)C1C(=O)Nc1ccc(C)cc1C. The zero-order valence-electron chi connectivity index (χ0n) is 19.6. The Bertz CT molecular complexity index is 1280. The topological polar surface area (TPSA) is 79.9 Å². The molecule has 2 N–H and O–H groups in total. The fraction of sp³-hybridized carbons (Fsp3) is 0.259. The summed E-state index contributed by atoms with van der Waals surface area (Å²) in [5.41, 5.74) is 2.89. The van der Waals surface area contributed by atoms with E-state index in [0.717, 1.165) is 16.8 Å². The van der Waals surface area contributed by atoms with Crippen molar-refractivity contribution in [1.82, 2.24) is 5.32 Å². The van der Waals surface area contributed by atoms with Crippen LogP contribution in [0.2, 0.25) is 0 Å². The second kappa shape index (κ2) is 8.09. The third kappa shape index (κ3) is 3.44. The minimum Gasteiger partial charge on any atom is -0.497 e. The van der Waals surface area contributed by atoms with Gasteiger partial charge in [-0.25, -0.2) is 4.79 Å². The summed E-state index contributed by atoms with van der Waals surface area (Å²) in [4.78, 5) is 28.8. The monoisotopic (exact) mass is 457 g/mol. The van der Waals surface area contributed by atoms with Crippen molar-refractivity contribution in [2.75, 3.05) is 17.3 Å². The standard InChI is InChI=1S/C27H27N3O4/c1-16-10-12-21(17(2)14-16)28-25(31)23-24-20-15-19(33-4)11-13-22(20)34-27(23,3)30(26(32)29-24)18-8-6-5-7-9-18/h5-15,23-24H,1-4H3,(H,28,31)(H,29,32). The van der Waals surface area contributed by atoms with Gasteiger partial charge in [0.25, 0.3) is 0 Å². The van der Waals surface area contributed by atoms with Gasteiger partial charge < -0.3 is 20.1 Å². The first kappa shape index (κ1) is 21.8. The molecule has 3 amide bonds. The molecule has 174 valence electrons. The molecule has 34 heavy (non-hydrogen) atoms. The number of amides is 3. The Morgan fingerprint density at radius 3 is 2.56 bits per heavy atom. The molecule has 1 fully saturated rings. The van der Waals surface area contributed by atoms with Crippen molar-refractivity contribution in [3.63, 3.8) is 0 Å². The Balaban J connectivity index is 1.63. The van der Waals surface area contributed by atoms with Gasteiger partial charge >= 0.3 is 6.03 Å². The van der Waals surface area contributed by atoms with Crippen LogP contribution in [-0.4, -0.2) is 24.8 Å². The predicted molar refractivity (Wildman–Crippen MR) is 130 cm³/mol. The lowest BCUT2D eigenvalue weighted by molar-refractivity contribution is -0.131. The summed E-state index contributed by atoms with van der Waals surface area (Å²) in [6.45, 7) is 5.77. The number of hydrogen-bond donors (Lipinski definition) is 2. The molecule has 2 bridgehead atoms. The van der Waals surface area contributed by atoms with E-state index in [4.69, 9.17) is 9.47 Å². The van der Waals surface area contributed by atoms with Crippen LogP contribution in [0.5, 0.6) is 11.5 Å². The molecular weight excluding hydrogens is 430 g/mol. The molecule has 3 aromatic carbocycles. The first-order valence-corrected chi connectivity index (χ1v) is 11.2. The average Bonchev–Trinajstić information content (AvgIpc) is 2.80. The number of para-hydroxylation sites is 1. The lowest BCUT2D eigenvalue weighted by Crippen LogP contribution is -2.72. The van der Waals surface area contributed by atoms with E-state index in [1.165, 1.54) is 4.90 Å². The average molecular weight is 458 g/mol. The van der Waals surface area contributed by atoms with Crippen LogP contribution in [0.1, 0.15) is 29.7 Å². The third-order valence-electron chi connectivity index (χ3n) is 6.64. The Morgan fingerprint density at radius 1 is 1.09 bits per heavy atom. The van der Waals surface area contributed by atoms with Gasteiger partial charge in [-0.05, 0) is 62.7 Å². The maximum Gasteiger partial charge on any atom is 0.325 e. The number of nitrogens with one attached hydrogen (secondary N) is 2. The number of anilines is 2. The number of benzene rings is 3. The van der Waals surface area contributed by atoms with E-state index in [0.29, 0.717) is 22.7 Å². The fourth-order valence-electron chi connectivity index (χ4n) is 5.02. The van der Waals surface area contributed by atoms with Crippen LogP contribution in [0.25, 0.3) is 0 Å². The molecule has 2 aliphatic rings. The van der Waals surface area contributed by atoms with Crippen molar-refractivity contribution in [3.8, 4) is 11.5 Å². The summed E-state index contributed by atoms with van der Waals surface area (Å²) in [6.07, 6.45) is 0. The maximum absolute atomic E-state index is 13.9. The van der Waals surface area contributed by atoms with Crippen molar-refractivity contribution in [3.05, 3.63) is 83.4 Å². The Labute approximate surface area is 198 Å². The Kier molecular flexibility index (Phi) is 5.20. The number of methoxy groups -OCH3 is 1. The predicted octanol–water partition coefficient (Wildman–Crippen LogP) is 4.95. The van der Waals surface area contributed by atoms with E-state index >= 15 is 0 Å². The van der Waals surface area contributed by atoms with Crippen molar-refractivity contribution >= 4 is 23.3 Å². The zero-order valence-corrected chi connectivity index (χ0v) is 19.6. The van der Waals surface area contributed by atoms with Gasteiger partial charge in [-0.2, -0.15) is 0 Å². The number of fused-ring (bicyclic) bond motifs is 4. The van der Waals surface area contributed by atoms with Gasteiger partial charge in [-0.1, -0.05) is 35.9 Å². The second-order valence-electron chi connectivity index (χ2n) is 8.94. The van der Waals surface area contributed by atoms with Crippen LogP contribution in [0, 0.1) is 19.8 Å². The largest absolute Gasteiger partial charge is 0.497 e. The summed E-state index contributed by atoms with van der Waals surface area (Å²) in [7, 11) is 1.58. The van der Waals surface area contributed by atoms with E-state index < -0.39 is 17.7 Å². The summed E-state index contributed by atoms with van der Waals surface area (Å²) in [5.74, 6) is 0.239. The molecule has 3 atom stereocenters. The highest BCUT2D eigenvalue weighted by Gasteiger charge is 2.60. The molecule has 1 saturated heterocycles. The number of hydrogen-bond acceptors (Lipinski definition) is 4.